The molecule has 1 aliphatic carbocycles. The Bertz CT molecular complexity index is 1200. The Balaban J connectivity index is 1.23. The highest BCUT2D eigenvalue weighted by atomic mass is 32.1. The quantitative estimate of drug-likeness (QED) is 0.531. The maximum Gasteiger partial charge on any atom is 0.255 e. The highest BCUT2D eigenvalue weighted by Gasteiger charge is 2.38. The molecule has 1 saturated heterocycles. The summed E-state index contributed by atoms with van der Waals surface area (Å²) in [5, 5.41) is 0. The van der Waals surface area contributed by atoms with Crippen molar-refractivity contribution in [1.29, 1.82) is 0 Å². The third kappa shape index (κ3) is 5.32. The van der Waals surface area contributed by atoms with Gasteiger partial charge < -0.3 is 14.6 Å². The predicted molar refractivity (Wildman–Crippen MR) is 150 cm³/mol. The number of pyridine rings is 1. The van der Waals surface area contributed by atoms with Crippen LogP contribution >= 0.6 is 11.3 Å². The summed E-state index contributed by atoms with van der Waals surface area (Å²) in [5.41, 5.74) is 4.51. The minimum atomic E-state index is -0.0794. The van der Waals surface area contributed by atoms with E-state index in [1.807, 2.05) is 36.2 Å². The average Bonchev–Trinajstić information content (AvgIpc) is 3.16. The fourth-order valence-electron chi connectivity index (χ4n) is 6.82. The molecule has 0 bridgehead atoms. The molecule has 0 aromatic carbocycles. The number of ether oxygens (including phenoxy) is 1. The Hall–Kier alpha value is -1.96. The summed E-state index contributed by atoms with van der Waals surface area (Å²) >= 11 is 1.87. The normalized spacial score (nSPS) is 23.9. The molecule has 0 unspecified atom stereocenters. The molecule has 202 valence electrons. The van der Waals surface area contributed by atoms with Crippen LogP contribution in [0.25, 0.3) is 0 Å². The van der Waals surface area contributed by atoms with Gasteiger partial charge in [0.05, 0.1) is 24.3 Å². The van der Waals surface area contributed by atoms with E-state index in [0.29, 0.717) is 48.7 Å². The van der Waals surface area contributed by atoms with Crippen LogP contribution in [0.2, 0.25) is 0 Å². The number of H-pyrrole nitrogens is 1. The lowest BCUT2D eigenvalue weighted by atomic mass is 9.76. The summed E-state index contributed by atoms with van der Waals surface area (Å²) in [7, 11) is 0. The van der Waals surface area contributed by atoms with E-state index in [9.17, 15) is 9.59 Å². The van der Waals surface area contributed by atoms with Crippen LogP contribution in [0.5, 0.6) is 0 Å². The predicted octanol–water partition coefficient (Wildman–Crippen LogP) is 5.33. The molecular formula is C30H43N3O3S. The first-order valence-corrected chi connectivity index (χ1v) is 14.9. The lowest BCUT2D eigenvalue weighted by Crippen LogP contribution is -2.57. The van der Waals surface area contributed by atoms with E-state index in [2.05, 4.69) is 37.6 Å². The monoisotopic (exact) mass is 525 g/mol. The maximum absolute atomic E-state index is 13.6. The molecule has 2 aromatic heterocycles. The zero-order valence-electron chi connectivity index (χ0n) is 23.4. The number of aryl methyl sites for hydroxylation is 2. The maximum atomic E-state index is 13.6. The number of nitrogens with zero attached hydrogens (tertiary/aromatic N) is 2. The summed E-state index contributed by atoms with van der Waals surface area (Å²) in [5.74, 6) is 1.25. The van der Waals surface area contributed by atoms with E-state index in [1.54, 1.807) is 0 Å². The number of thiophene rings is 1. The number of fused-ring (bicyclic) bond motifs is 1. The van der Waals surface area contributed by atoms with Crippen molar-refractivity contribution in [1.82, 2.24) is 14.8 Å². The van der Waals surface area contributed by atoms with Crippen molar-refractivity contribution in [2.45, 2.75) is 104 Å². The van der Waals surface area contributed by atoms with Crippen molar-refractivity contribution < 1.29 is 9.53 Å². The van der Waals surface area contributed by atoms with E-state index < -0.39 is 0 Å². The molecule has 2 fully saturated rings. The molecular weight excluding hydrogens is 482 g/mol. The highest BCUT2D eigenvalue weighted by Crippen LogP contribution is 2.44. The molecule has 6 nitrogen and oxygen atoms in total. The number of carbonyl (C=O) groups is 1. The minimum absolute atomic E-state index is 0.0794. The SMILES string of the molecule is Cc1cc(C)c(CN2CCc3sc([C@H](C)[C@H]4CC[C@H](N5CC(OC(C)C)C5)CC4)c(C)c3C2=O)c(=O)[nH]1. The molecule has 2 aliphatic heterocycles. The Morgan fingerprint density at radius 2 is 1.78 bits per heavy atom. The number of carbonyl (C=O) groups excluding carboxylic acids is 1. The first-order chi connectivity index (χ1) is 17.6. The molecule has 7 heteroatoms. The summed E-state index contributed by atoms with van der Waals surface area (Å²) in [4.78, 5) is 36.2. The molecule has 37 heavy (non-hydrogen) atoms. The van der Waals surface area contributed by atoms with Gasteiger partial charge in [-0.05, 0) is 89.3 Å². The van der Waals surface area contributed by atoms with Gasteiger partial charge in [0.15, 0.2) is 0 Å². The molecule has 1 amide bonds. The largest absolute Gasteiger partial charge is 0.373 e. The first kappa shape index (κ1) is 26.6. The van der Waals surface area contributed by atoms with Crippen LogP contribution in [0.1, 0.15) is 94.9 Å². The van der Waals surface area contributed by atoms with Crippen molar-refractivity contribution in [2.24, 2.45) is 5.92 Å². The Labute approximate surface area is 225 Å². The van der Waals surface area contributed by atoms with Crippen molar-refractivity contribution in [3.63, 3.8) is 0 Å². The van der Waals surface area contributed by atoms with Crippen molar-refractivity contribution in [2.75, 3.05) is 19.6 Å². The molecule has 0 radical (unpaired) electrons. The summed E-state index contributed by atoms with van der Waals surface area (Å²) in [6.45, 7) is 15.9. The summed E-state index contributed by atoms with van der Waals surface area (Å²) < 4.78 is 5.95. The zero-order chi connectivity index (χ0) is 26.4. The third-order valence-electron chi connectivity index (χ3n) is 8.93. The average molecular weight is 526 g/mol. The standard InChI is InChI=1S/C30H43N3O3S/c1-17(2)36-24-14-33(15-24)23-9-7-22(8-10-23)20(5)28-21(6)27-26(37-28)11-12-32(30(27)35)16-25-18(3)13-19(4)31-29(25)34/h13,17,20,22-24H,7-12,14-16H2,1-6H3,(H,31,34)/t20-,22-,23-/m1/s1. The van der Waals surface area contributed by atoms with Gasteiger partial charge in [-0.25, -0.2) is 0 Å². The van der Waals surface area contributed by atoms with Gasteiger partial charge in [0.1, 0.15) is 0 Å². The second-order valence-electron chi connectivity index (χ2n) is 11.9. The number of likely N-dealkylation sites (tertiary alicyclic amines) is 1. The van der Waals surface area contributed by atoms with Crippen LogP contribution in [-0.2, 0) is 17.7 Å². The summed E-state index contributed by atoms with van der Waals surface area (Å²) in [6.07, 6.45) is 6.67. The summed E-state index contributed by atoms with van der Waals surface area (Å²) in [6, 6.07) is 2.69. The zero-order valence-corrected chi connectivity index (χ0v) is 24.2. The van der Waals surface area contributed by atoms with Gasteiger partial charge in [0, 0.05) is 53.1 Å². The Morgan fingerprint density at radius 3 is 2.43 bits per heavy atom. The van der Waals surface area contributed by atoms with Crippen LogP contribution in [0.15, 0.2) is 10.9 Å². The first-order valence-electron chi connectivity index (χ1n) is 14.1. The number of hydrogen-bond acceptors (Lipinski definition) is 5. The second-order valence-corrected chi connectivity index (χ2v) is 13.1. The molecule has 3 aliphatic rings. The second kappa shape index (κ2) is 10.7. The topological polar surface area (TPSA) is 65.6 Å². The van der Waals surface area contributed by atoms with E-state index >= 15 is 0 Å². The van der Waals surface area contributed by atoms with Crippen LogP contribution in [0.3, 0.4) is 0 Å². The van der Waals surface area contributed by atoms with Crippen molar-refractivity contribution in [3.8, 4) is 0 Å². The fourth-order valence-corrected chi connectivity index (χ4v) is 8.25. The smallest absolute Gasteiger partial charge is 0.255 e. The Kier molecular flexibility index (Phi) is 7.68. The number of hydrogen-bond donors (Lipinski definition) is 1. The molecule has 0 spiro atoms. The van der Waals surface area contributed by atoms with Gasteiger partial charge in [-0.1, -0.05) is 6.92 Å². The lowest BCUT2D eigenvalue weighted by molar-refractivity contribution is -0.100. The van der Waals surface area contributed by atoms with Crippen LogP contribution in [-0.4, -0.2) is 58.6 Å². The van der Waals surface area contributed by atoms with Gasteiger partial charge in [-0.2, -0.15) is 0 Å². The molecule has 1 atom stereocenters. The van der Waals surface area contributed by atoms with Gasteiger partial charge >= 0.3 is 0 Å². The molecule has 1 saturated carbocycles. The van der Waals surface area contributed by atoms with Gasteiger partial charge in [0.25, 0.3) is 11.5 Å². The molecule has 1 N–H and O–H groups in total. The van der Waals surface area contributed by atoms with Crippen LogP contribution in [0, 0.1) is 26.7 Å². The van der Waals surface area contributed by atoms with E-state index in [1.165, 1.54) is 41.0 Å². The van der Waals surface area contributed by atoms with Crippen LogP contribution in [0.4, 0.5) is 0 Å². The van der Waals surface area contributed by atoms with Gasteiger partial charge in [0.2, 0.25) is 0 Å². The Morgan fingerprint density at radius 1 is 1.08 bits per heavy atom. The fraction of sp³-hybridized carbons (Fsp3) is 0.667. The number of amides is 1. The number of aromatic nitrogens is 1. The third-order valence-corrected chi connectivity index (χ3v) is 10.5. The number of nitrogens with one attached hydrogen (secondary N) is 1. The number of rotatable bonds is 7. The molecule has 5 rings (SSSR count). The van der Waals surface area contributed by atoms with Crippen molar-refractivity contribution >= 4 is 17.2 Å². The van der Waals surface area contributed by atoms with Gasteiger partial charge in [-0.15, -0.1) is 11.3 Å². The molecule has 4 heterocycles. The van der Waals surface area contributed by atoms with Gasteiger partial charge in [-0.3, -0.25) is 14.5 Å². The minimum Gasteiger partial charge on any atom is -0.373 e. The highest BCUT2D eigenvalue weighted by molar-refractivity contribution is 7.12. The van der Waals surface area contributed by atoms with E-state index in [-0.39, 0.29) is 11.5 Å². The van der Waals surface area contributed by atoms with E-state index in [0.717, 1.165) is 36.3 Å². The molecule has 2 aromatic rings. The number of aromatic amines is 1. The van der Waals surface area contributed by atoms with E-state index in [4.69, 9.17) is 4.74 Å². The lowest BCUT2D eigenvalue weighted by Gasteiger charge is -2.47. The van der Waals surface area contributed by atoms with Crippen molar-refractivity contribution in [3.05, 3.63) is 54.1 Å². The van der Waals surface area contributed by atoms with Crippen LogP contribution < -0.4 is 5.56 Å².